The average Bonchev–Trinajstić information content (AvgIpc) is 1.67. The molecule has 0 aliphatic carbocycles. The third-order valence-electron chi connectivity index (χ3n) is 24.0. The molecule has 0 atom stereocenters. The van der Waals surface area contributed by atoms with E-state index in [-0.39, 0.29) is 0 Å². The molecule has 0 bridgehead atoms. The number of nitrogens with zero attached hydrogens (tertiary/aromatic N) is 6. The highest BCUT2D eigenvalue weighted by Gasteiger charge is 2.25. The van der Waals surface area contributed by atoms with Crippen LogP contribution in [-0.2, 0) is 0 Å². The number of para-hydroxylation sites is 4. The van der Waals surface area contributed by atoms with Gasteiger partial charge in [-0.2, -0.15) is 8.75 Å². The summed E-state index contributed by atoms with van der Waals surface area (Å²) >= 11 is 1.25. The van der Waals surface area contributed by atoms with Crippen molar-refractivity contribution in [3.63, 3.8) is 0 Å². The molecule has 6 aromatic heterocycles. The van der Waals surface area contributed by atoms with Crippen LogP contribution in [0.2, 0.25) is 0 Å². The number of furan rings is 2. The molecule has 0 spiro atoms. The summed E-state index contributed by atoms with van der Waals surface area (Å²) in [5, 5.41) is 11.6. The molecule has 9 heteroatoms. The molecule has 0 unspecified atom stereocenters. The van der Waals surface area contributed by atoms with Gasteiger partial charge in [-0.3, -0.25) is 0 Å². The standard InChI is InChI=1S/C108H66N6O2S/c1-3-15-67(16-4-1)69-27-47-82(48-28-69)112-96-23-11-7-19-86(96)92-61-74(39-56-98(92)112)71-31-43-80(44-32-71)111(81-45-33-72(34-46-81)75-40-57-99-93(62-75)87-20-8-12-24-97(87)113(99)83-49-29-70(30-50-83)68-17-5-2-6-18-68)102-60-55-85(107-108(102)110-117-109-107)73-35-51-84(52-36-73)114-100-58-41-76(78-37-53-90-88-21-9-13-25-103(88)115-105(90)65-78)63-94(100)95-64-77(42-59-101(95)114)79-38-54-91-89-22-10-14-26-104(89)116-106(91)66-79/h1-66H. The Kier molecular flexibility index (Phi) is 15.1. The lowest BCUT2D eigenvalue weighted by molar-refractivity contribution is 0.668. The lowest BCUT2D eigenvalue weighted by Crippen LogP contribution is -2.10. The van der Waals surface area contributed by atoms with Gasteiger partial charge in [-0.1, -0.05) is 231 Å². The second kappa shape index (κ2) is 26.6. The highest BCUT2D eigenvalue weighted by Crippen LogP contribution is 2.47. The maximum absolute atomic E-state index is 6.45. The molecule has 24 aromatic rings. The maximum atomic E-state index is 6.45. The Morgan fingerprint density at radius 3 is 0.940 bits per heavy atom. The van der Waals surface area contributed by atoms with Crippen molar-refractivity contribution in [3.05, 3.63) is 400 Å². The molecule has 0 aliphatic heterocycles. The van der Waals surface area contributed by atoms with Crippen LogP contribution in [0, 0.1) is 0 Å². The molecule has 18 aromatic carbocycles. The smallest absolute Gasteiger partial charge is 0.136 e. The predicted octanol–water partition coefficient (Wildman–Crippen LogP) is 29.9. The van der Waals surface area contributed by atoms with Gasteiger partial charge >= 0.3 is 0 Å². The van der Waals surface area contributed by atoms with E-state index in [4.69, 9.17) is 17.6 Å². The fourth-order valence-corrected chi connectivity index (χ4v) is 18.9. The summed E-state index contributed by atoms with van der Waals surface area (Å²) in [6.07, 6.45) is 0. The van der Waals surface area contributed by atoms with Gasteiger partial charge in [0.05, 0.1) is 50.5 Å². The molecule has 24 rings (SSSR count). The Bertz CT molecular complexity index is 7680. The second-order valence-corrected chi connectivity index (χ2v) is 31.0. The van der Waals surface area contributed by atoms with Gasteiger partial charge in [0, 0.05) is 87.9 Å². The van der Waals surface area contributed by atoms with Crippen molar-refractivity contribution in [1.82, 2.24) is 22.4 Å². The van der Waals surface area contributed by atoms with Crippen LogP contribution in [0.4, 0.5) is 17.1 Å². The first-order chi connectivity index (χ1) is 58.0. The first-order valence-corrected chi connectivity index (χ1v) is 40.4. The van der Waals surface area contributed by atoms with Crippen LogP contribution in [-0.4, -0.2) is 22.4 Å². The first kappa shape index (κ1) is 66.2. The quantitative estimate of drug-likeness (QED) is 0.115. The number of hydrogen-bond acceptors (Lipinski definition) is 6. The lowest BCUT2D eigenvalue weighted by Gasteiger charge is -2.26. The topological polar surface area (TPSA) is 70.1 Å². The molecule has 546 valence electrons. The number of fused-ring (bicyclic) bond motifs is 16. The van der Waals surface area contributed by atoms with Crippen LogP contribution in [0.5, 0.6) is 0 Å². The van der Waals surface area contributed by atoms with E-state index in [9.17, 15) is 0 Å². The highest BCUT2D eigenvalue weighted by atomic mass is 32.1. The Hall–Kier alpha value is -15.4. The summed E-state index contributed by atoms with van der Waals surface area (Å²) in [6.45, 7) is 0. The second-order valence-electron chi connectivity index (χ2n) is 30.5. The minimum atomic E-state index is 0.816. The van der Waals surface area contributed by atoms with Gasteiger partial charge in [0.1, 0.15) is 33.4 Å². The van der Waals surface area contributed by atoms with Crippen molar-refractivity contribution in [2.45, 2.75) is 0 Å². The van der Waals surface area contributed by atoms with E-state index < -0.39 is 0 Å². The van der Waals surface area contributed by atoms with Crippen molar-refractivity contribution in [3.8, 4) is 95.0 Å². The predicted molar refractivity (Wildman–Crippen MR) is 488 cm³/mol. The van der Waals surface area contributed by atoms with E-state index in [1.54, 1.807) is 0 Å². The molecule has 0 N–H and O–H groups in total. The van der Waals surface area contributed by atoms with Crippen LogP contribution in [0.1, 0.15) is 0 Å². The summed E-state index contributed by atoms with van der Waals surface area (Å²) in [7, 11) is 0. The first-order valence-electron chi connectivity index (χ1n) is 39.6. The van der Waals surface area contributed by atoms with Gasteiger partial charge in [0.15, 0.2) is 0 Å². The van der Waals surface area contributed by atoms with Crippen LogP contribution in [0.3, 0.4) is 0 Å². The number of benzene rings is 18. The normalized spacial score (nSPS) is 11.9. The lowest BCUT2D eigenvalue weighted by atomic mass is 9.99. The number of anilines is 3. The number of hydrogen-bond donors (Lipinski definition) is 0. The average molecular weight is 1510 g/mol. The van der Waals surface area contributed by atoms with E-state index in [0.717, 1.165) is 178 Å². The molecule has 117 heavy (non-hydrogen) atoms. The zero-order valence-corrected chi connectivity index (χ0v) is 63.8. The Labute approximate surface area is 676 Å². The molecule has 0 fully saturated rings. The van der Waals surface area contributed by atoms with Gasteiger partial charge in [-0.05, 0) is 242 Å². The van der Waals surface area contributed by atoms with Gasteiger partial charge < -0.3 is 27.4 Å². The summed E-state index contributed by atoms with van der Waals surface area (Å²) < 4.78 is 30.4. The monoisotopic (exact) mass is 1510 g/mol. The van der Waals surface area contributed by atoms with Gasteiger partial charge in [0.2, 0.25) is 0 Å². The zero-order valence-electron chi connectivity index (χ0n) is 63.0. The Morgan fingerprint density at radius 2 is 0.504 bits per heavy atom. The Balaban J connectivity index is 0.599. The van der Waals surface area contributed by atoms with E-state index in [2.05, 4.69) is 395 Å². The number of aromatic nitrogens is 5. The highest BCUT2D eigenvalue weighted by molar-refractivity contribution is 7.00. The van der Waals surface area contributed by atoms with Crippen molar-refractivity contribution in [1.29, 1.82) is 0 Å². The van der Waals surface area contributed by atoms with Crippen molar-refractivity contribution < 1.29 is 8.83 Å². The van der Waals surface area contributed by atoms with Crippen molar-refractivity contribution >= 4 is 149 Å². The molecular formula is C108H66N6O2S. The summed E-state index contributed by atoms with van der Waals surface area (Å²) in [5.74, 6) is 0. The van der Waals surface area contributed by atoms with Crippen molar-refractivity contribution in [2.75, 3.05) is 4.90 Å². The van der Waals surface area contributed by atoms with Crippen LogP contribution >= 0.6 is 11.7 Å². The Morgan fingerprint density at radius 1 is 0.205 bits per heavy atom. The molecule has 8 nitrogen and oxygen atoms in total. The maximum Gasteiger partial charge on any atom is 0.136 e. The van der Waals surface area contributed by atoms with E-state index in [0.29, 0.717) is 0 Å². The van der Waals surface area contributed by atoms with Crippen LogP contribution < -0.4 is 4.90 Å². The number of rotatable bonds is 13. The molecule has 0 radical (unpaired) electrons. The summed E-state index contributed by atoms with van der Waals surface area (Å²) in [5.41, 5.74) is 34.0. The molecule has 0 saturated carbocycles. The van der Waals surface area contributed by atoms with Crippen LogP contribution in [0.25, 0.3) is 215 Å². The minimum absolute atomic E-state index is 0.816. The SMILES string of the molecule is c1ccc(-c2ccc(-n3c4ccccc4c4cc(-c5ccc(N(c6ccc(-c7ccc8c(c7)c7ccccc7n8-c7ccc(-c8ccccc8)cc7)cc6)c6ccc(-c7ccc(-n8c9ccc(-c%10ccc%11c(c%10)oc%10ccccc%10%11)cc9c9cc(-c%10ccc%11c(c%10)oc%10ccccc%10%11)ccc98)cc7)c7nsnc67)cc5)ccc43)cc2)cc1. The molecular weight excluding hydrogens is 1450 g/mol. The van der Waals surface area contributed by atoms with E-state index in [1.165, 1.54) is 66.6 Å². The van der Waals surface area contributed by atoms with Gasteiger partial charge in [-0.15, -0.1) is 0 Å². The zero-order chi connectivity index (χ0) is 76.8. The van der Waals surface area contributed by atoms with Gasteiger partial charge in [0.25, 0.3) is 0 Å². The molecule has 0 saturated heterocycles. The van der Waals surface area contributed by atoms with E-state index >= 15 is 0 Å². The molecule has 6 heterocycles. The van der Waals surface area contributed by atoms with Gasteiger partial charge in [-0.25, -0.2) is 0 Å². The fourth-order valence-electron chi connectivity index (χ4n) is 18.3. The third-order valence-corrected chi connectivity index (χ3v) is 24.5. The van der Waals surface area contributed by atoms with Crippen molar-refractivity contribution in [2.24, 2.45) is 0 Å². The summed E-state index contributed by atoms with van der Waals surface area (Å²) in [4.78, 5) is 2.34. The fraction of sp³-hybridized carbons (Fsp3) is 0. The third kappa shape index (κ3) is 10.9. The molecule has 0 aliphatic rings. The van der Waals surface area contributed by atoms with Crippen LogP contribution in [0.15, 0.2) is 409 Å². The largest absolute Gasteiger partial charge is 0.456 e. The minimum Gasteiger partial charge on any atom is -0.456 e. The molecule has 0 amide bonds. The van der Waals surface area contributed by atoms with E-state index in [1.807, 2.05) is 24.3 Å². The summed E-state index contributed by atoms with van der Waals surface area (Å²) in [6, 6.07) is 145.